The Balaban J connectivity index is 1.92. The molecule has 13 heavy (non-hydrogen) atoms. The van der Waals surface area contributed by atoms with E-state index in [0.717, 1.165) is 12.3 Å². The lowest BCUT2D eigenvalue weighted by atomic mass is 9.99. The molecule has 2 unspecified atom stereocenters. The molecule has 1 aromatic heterocycles. The molecule has 2 atom stereocenters. The highest BCUT2D eigenvalue weighted by Crippen LogP contribution is 2.26. The van der Waals surface area contributed by atoms with Crippen molar-refractivity contribution in [3.8, 4) is 0 Å². The smallest absolute Gasteiger partial charge is 0.0299 e. The predicted molar refractivity (Wildman–Crippen MR) is 53.3 cm³/mol. The van der Waals surface area contributed by atoms with Crippen LogP contribution in [0.15, 0.2) is 24.5 Å². The molecule has 2 N–H and O–H groups in total. The number of rotatable bonds is 2. The molecule has 1 aromatic rings. The van der Waals surface area contributed by atoms with Crippen molar-refractivity contribution >= 4 is 0 Å². The second-order valence-corrected chi connectivity index (χ2v) is 4.00. The van der Waals surface area contributed by atoms with Crippen LogP contribution in [0, 0.1) is 5.92 Å². The van der Waals surface area contributed by atoms with E-state index in [1.165, 1.54) is 24.8 Å². The summed E-state index contributed by atoms with van der Waals surface area (Å²) in [6.07, 6.45) is 8.62. The first-order valence-corrected chi connectivity index (χ1v) is 4.99. The molecule has 0 aliphatic heterocycles. The summed E-state index contributed by atoms with van der Waals surface area (Å²) in [5.41, 5.74) is 7.21. The highest BCUT2D eigenvalue weighted by atomic mass is 14.6. The van der Waals surface area contributed by atoms with Gasteiger partial charge in [0.1, 0.15) is 0 Å². The van der Waals surface area contributed by atoms with E-state index in [1.807, 2.05) is 18.5 Å². The van der Waals surface area contributed by atoms with Gasteiger partial charge in [0.2, 0.25) is 0 Å². The Hall–Kier alpha value is -0.890. The largest absolute Gasteiger partial charge is 0.328 e. The number of pyridine rings is 1. The van der Waals surface area contributed by atoms with E-state index in [-0.39, 0.29) is 0 Å². The van der Waals surface area contributed by atoms with Crippen LogP contribution >= 0.6 is 0 Å². The molecule has 1 aliphatic rings. The monoisotopic (exact) mass is 176 g/mol. The van der Waals surface area contributed by atoms with Crippen molar-refractivity contribution in [2.45, 2.75) is 31.7 Å². The maximum Gasteiger partial charge on any atom is 0.0299 e. The minimum atomic E-state index is 0.446. The maximum atomic E-state index is 5.86. The van der Waals surface area contributed by atoms with Crippen LogP contribution in [0.25, 0.3) is 0 Å². The number of nitrogens with zero attached hydrogens (tertiary/aromatic N) is 1. The fraction of sp³-hybridized carbons (Fsp3) is 0.545. The summed E-state index contributed by atoms with van der Waals surface area (Å²) in [5, 5.41) is 0. The van der Waals surface area contributed by atoms with Crippen molar-refractivity contribution in [3.63, 3.8) is 0 Å². The van der Waals surface area contributed by atoms with Gasteiger partial charge in [-0.1, -0.05) is 6.07 Å². The average Bonchev–Trinajstić information content (AvgIpc) is 2.53. The molecule has 2 rings (SSSR count). The molecular formula is C11H16N2. The van der Waals surface area contributed by atoms with Crippen molar-refractivity contribution in [1.29, 1.82) is 0 Å². The molecule has 1 heterocycles. The van der Waals surface area contributed by atoms with Crippen molar-refractivity contribution in [2.24, 2.45) is 11.7 Å². The first kappa shape index (κ1) is 8.70. The molecule has 0 radical (unpaired) electrons. The third-order valence-electron chi connectivity index (χ3n) is 2.83. The molecule has 1 fully saturated rings. The molecular weight excluding hydrogens is 160 g/mol. The number of hydrogen-bond acceptors (Lipinski definition) is 2. The molecule has 0 spiro atoms. The summed E-state index contributed by atoms with van der Waals surface area (Å²) in [6.45, 7) is 0. The lowest BCUT2D eigenvalue weighted by Gasteiger charge is -2.08. The Kier molecular flexibility index (Phi) is 2.60. The summed E-state index contributed by atoms with van der Waals surface area (Å²) in [6, 6.07) is 4.60. The quantitative estimate of drug-likeness (QED) is 0.745. The van der Waals surface area contributed by atoms with Gasteiger partial charge in [0.25, 0.3) is 0 Å². The van der Waals surface area contributed by atoms with E-state index >= 15 is 0 Å². The Labute approximate surface area is 79.2 Å². The predicted octanol–water partition coefficient (Wildman–Crippen LogP) is 1.75. The zero-order valence-corrected chi connectivity index (χ0v) is 7.82. The van der Waals surface area contributed by atoms with Crippen LogP contribution in [-0.2, 0) is 6.42 Å². The standard InChI is InChI=1S/C11H16N2/c12-11-4-3-9(7-11)6-10-2-1-5-13-8-10/h1-2,5,8-9,11H,3-4,6-7,12H2. The van der Waals surface area contributed by atoms with E-state index in [1.54, 1.807) is 0 Å². The summed E-state index contributed by atoms with van der Waals surface area (Å²) < 4.78 is 0. The van der Waals surface area contributed by atoms with Crippen molar-refractivity contribution in [1.82, 2.24) is 4.98 Å². The van der Waals surface area contributed by atoms with Crippen LogP contribution < -0.4 is 5.73 Å². The van der Waals surface area contributed by atoms with Gasteiger partial charge in [-0.15, -0.1) is 0 Å². The van der Waals surface area contributed by atoms with Crippen molar-refractivity contribution in [2.75, 3.05) is 0 Å². The van der Waals surface area contributed by atoms with Gasteiger partial charge < -0.3 is 5.73 Å². The lowest BCUT2D eigenvalue weighted by Crippen LogP contribution is -2.15. The van der Waals surface area contributed by atoms with E-state index in [2.05, 4.69) is 11.1 Å². The van der Waals surface area contributed by atoms with Crippen molar-refractivity contribution in [3.05, 3.63) is 30.1 Å². The maximum absolute atomic E-state index is 5.86. The molecule has 0 saturated heterocycles. The topological polar surface area (TPSA) is 38.9 Å². The van der Waals surface area contributed by atoms with Crippen LogP contribution in [0.4, 0.5) is 0 Å². The molecule has 2 nitrogen and oxygen atoms in total. The minimum absolute atomic E-state index is 0.446. The highest BCUT2D eigenvalue weighted by molar-refractivity contribution is 5.09. The van der Waals surface area contributed by atoms with Gasteiger partial charge in [0.15, 0.2) is 0 Å². The zero-order valence-electron chi connectivity index (χ0n) is 7.82. The Morgan fingerprint density at radius 2 is 2.38 bits per heavy atom. The van der Waals surface area contributed by atoms with Gasteiger partial charge in [-0.25, -0.2) is 0 Å². The normalized spacial score (nSPS) is 27.8. The summed E-state index contributed by atoms with van der Waals surface area (Å²) in [7, 11) is 0. The van der Waals surface area contributed by atoms with Crippen LogP contribution in [-0.4, -0.2) is 11.0 Å². The van der Waals surface area contributed by atoms with Gasteiger partial charge in [0.05, 0.1) is 0 Å². The van der Waals surface area contributed by atoms with Crippen LogP contribution in [0.3, 0.4) is 0 Å². The Morgan fingerprint density at radius 3 is 3.00 bits per heavy atom. The van der Waals surface area contributed by atoms with E-state index < -0.39 is 0 Å². The summed E-state index contributed by atoms with van der Waals surface area (Å²) >= 11 is 0. The number of hydrogen-bond donors (Lipinski definition) is 1. The fourth-order valence-electron chi connectivity index (χ4n) is 2.15. The SMILES string of the molecule is NC1CCC(Cc2cccnc2)C1. The zero-order chi connectivity index (χ0) is 9.10. The van der Waals surface area contributed by atoms with Crippen LogP contribution in [0.5, 0.6) is 0 Å². The van der Waals surface area contributed by atoms with Crippen LogP contribution in [0.1, 0.15) is 24.8 Å². The average molecular weight is 176 g/mol. The molecule has 0 amide bonds. The molecule has 0 bridgehead atoms. The lowest BCUT2D eigenvalue weighted by molar-refractivity contribution is 0.534. The molecule has 1 aliphatic carbocycles. The summed E-state index contributed by atoms with van der Waals surface area (Å²) in [5.74, 6) is 0.791. The van der Waals surface area contributed by atoms with Gasteiger partial charge in [-0.2, -0.15) is 0 Å². The third-order valence-corrected chi connectivity index (χ3v) is 2.83. The van der Waals surface area contributed by atoms with Gasteiger partial charge in [-0.3, -0.25) is 4.98 Å². The number of nitrogens with two attached hydrogens (primary N) is 1. The fourth-order valence-corrected chi connectivity index (χ4v) is 2.15. The second kappa shape index (κ2) is 3.88. The first-order chi connectivity index (χ1) is 6.34. The third kappa shape index (κ3) is 2.28. The number of aromatic nitrogens is 1. The van der Waals surface area contributed by atoms with Crippen LogP contribution in [0.2, 0.25) is 0 Å². The van der Waals surface area contributed by atoms with Gasteiger partial charge in [0, 0.05) is 18.4 Å². The van der Waals surface area contributed by atoms with Crippen molar-refractivity contribution < 1.29 is 0 Å². The Bertz CT molecular complexity index is 258. The van der Waals surface area contributed by atoms with Gasteiger partial charge in [-0.05, 0) is 43.2 Å². The second-order valence-electron chi connectivity index (χ2n) is 4.00. The van der Waals surface area contributed by atoms with E-state index in [0.29, 0.717) is 6.04 Å². The first-order valence-electron chi connectivity index (χ1n) is 4.99. The molecule has 0 aromatic carbocycles. The molecule has 1 saturated carbocycles. The van der Waals surface area contributed by atoms with E-state index in [4.69, 9.17) is 5.73 Å². The molecule has 2 heteroatoms. The molecule has 70 valence electrons. The van der Waals surface area contributed by atoms with Gasteiger partial charge >= 0.3 is 0 Å². The highest BCUT2D eigenvalue weighted by Gasteiger charge is 2.21. The van der Waals surface area contributed by atoms with E-state index in [9.17, 15) is 0 Å². The minimum Gasteiger partial charge on any atom is -0.328 e. The Morgan fingerprint density at radius 1 is 1.46 bits per heavy atom. The summed E-state index contributed by atoms with van der Waals surface area (Å²) in [4.78, 5) is 4.11.